The maximum Gasteiger partial charge on any atom is 0.214 e. The van der Waals surface area contributed by atoms with Crippen molar-refractivity contribution < 1.29 is 13.2 Å². The van der Waals surface area contributed by atoms with Crippen LogP contribution in [0.5, 0.6) is 0 Å². The summed E-state index contributed by atoms with van der Waals surface area (Å²) in [5.41, 5.74) is 2.29. The van der Waals surface area contributed by atoms with Crippen molar-refractivity contribution >= 4 is 26.0 Å². The highest BCUT2D eigenvalue weighted by Gasteiger charge is 2.27. The van der Waals surface area contributed by atoms with Gasteiger partial charge >= 0.3 is 0 Å². The fourth-order valence-electron chi connectivity index (χ4n) is 2.35. The van der Waals surface area contributed by atoms with Crippen LogP contribution in [0.1, 0.15) is 30.5 Å². The van der Waals surface area contributed by atoms with Gasteiger partial charge in [0.1, 0.15) is 0 Å². The van der Waals surface area contributed by atoms with Gasteiger partial charge in [-0.1, -0.05) is 22.0 Å². The van der Waals surface area contributed by atoms with Crippen molar-refractivity contribution in [2.45, 2.75) is 31.9 Å². The summed E-state index contributed by atoms with van der Waals surface area (Å²) < 4.78 is 32.9. The van der Waals surface area contributed by atoms with Gasteiger partial charge in [0.2, 0.25) is 10.0 Å². The molecule has 2 atom stereocenters. The fourth-order valence-corrected chi connectivity index (χ4v) is 4.29. The van der Waals surface area contributed by atoms with Gasteiger partial charge < -0.3 is 4.74 Å². The summed E-state index contributed by atoms with van der Waals surface area (Å²) in [6.45, 7) is 1.75. The van der Waals surface area contributed by atoms with Crippen molar-refractivity contribution in [2.24, 2.45) is 0 Å². The second kappa shape index (κ2) is 5.91. The van der Waals surface area contributed by atoms with Crippen molar-refractivity contribution in [3.63, 3.8) is 0 Å². The Morgan fingerprint density at radius 1 is 1.53 bits per heavy atom. The molecule has 6 heteroatoms. The minimum absolute atomic E-state index is 0.00807. The minimum atomic E-state index is -3.32. The molecule has 1 N–H and O–H groups in total. The molecule has 2 unspecified atom stereocenters. The van der Waals surface area contributed by atoms with E-state index in [1.54, 1.807) is 6.92 Å². The van der Waals surface area contributed by atoms with E-state index in [0.717, 1.165) is 22.9 Å². The lowest BCUT2D eigenvalue weighted by molar-refractivity contribution is 0.136. The molecule has 4 nitrogen and oxygen atoms in total. The Balaban J connectivity index is 2.11. The summed E-state index contributed by atoms with van der Waals surface area (Å²) >= 11 is 3.43. The zero-order valence-corrected chi connectivity index (χ0v) is 13.4. The average Bonchev–Trinajstić information content (AvgIpc) is 2.70. The van der Waals surface area contributed by atoms with Crippen LogP contribution in [0.3, 0.4) is 0 Å². The number of hydrogen-bond acceptors (Lipinski definition) is 3. The van der Waals surface area contributed by atoms with E-state index in [2.05, 4.69) is 26.7 Å². The van der Waals surface area contributed by atoms with E-state index in [9.17, 15) is 8.42 Å². The topological polar surface area (TPSA) is 55.4 Å². The molecule has 0 fully saturated rings. The standard InChI is InChI=1S/C13H18BrNO3S/c1-9(18-2)8-19(16,17)15-13-6-3-10-7-11(14)4-5-12(10)13/h4-5,7,9,13,15H,3,6,8H2,1-2H3. The van der Waals surface area contributed by atoms with Gasteiger partial charge in [-0.15, -0.1) is 0 Å². The molecule has 1 aliphatic carbocycles. The quantitative estimate of drug-likeness (QED) is 0.889. The largest absolute Gasteiger partial charge is 0.381 e. The van der Waals surface area contributed by atoms with Crippen molar-refractivity contribution in [3.8, 4) is 0 Å². The lowest BCUT2D eigenvalue weighted by Crippen LogP contribution is -2.33. The molecule has 0 heterocycles. The molecule has 1 aliphatic rings. The van der Waals surface area contributed by atoms with E-state index < -0.39 is 10.0 Å². The molecule has 0 saturated carbocycles. The maximum atomic E-state index is 12.0. The monoisotopic (exact) mass is 347 g/mol. The Kier molecular flexibility index (Phi) is 4.66. The summed E-state index contributed by atoms with van der Waals surface area (Å²) in [4.78, 5) is 0. The van der Waals surface area contributed by atoms with Crippen LogP contribution in [-0.2, 0) is 21.2 Å². The first-order valence-electron chi connectivity index (χ1n) is 6.22. The summed E-state index contributed by atoms with van der Waals surface area (Å²) in [5.74, 6) is -0.00807. The first-order chi connectivity index (χ1) is 8.91. The third kappa shape index (κ3) is 3.78. The molecule has 19 heavy (non-hydrogen) atoms. The molecule has 2 rings (SSSR count). The number of halogens is 1. The number of benzene rings is 1. The average molecular weight is 348 g/mol. The lowest BCUT2D eigenvalue weighted by atomic mass is 10.1. The molecule has 0 radical (unpaired) electrons. The van der Waals surface area contributed by atoms with Gasteiger partial charge in [0.15, 0.2) is 0 Å². The first kappa shape index (κ1) is 15.0. The van der Waals surface area contributed by atoms with E-state index >= 15 is 0 Å². The maximum absolute atomic E-state index is 12.0. The van der Waals surface area contributed by atoms with Crippen LogP contribution in [0.15, 0.2) is 22.7 Å². The highest BCUT2D eigenvalue weighted by atomic mass is 79.9. The summed E-state index contributed by atoms with van der Waals surface area (Å²) in [6.07, 6.45) is 1.41. The van der Waals surface area contributed by atoms with E-state index in [-0.39, 0.29) is 17.9 Å². The molecule has 0 spiro atoms. The second-order valence-corrected chi connectivity index (χ2v) is 7.59. The lowest BCUT2D eigenvalue weighted by Gasteiger charge is -2.16. The molecule has 0 aliphatic heterocycles. The van der Waals surface area contributed by atoms with Crippen LogP contribution < -0.4 is 4.72 Å². The highest BCUT2D eigenvalue weighted by Crippen LogP contribution is 2.33. The smallest absolute Gasteiger partial charge is 0.214 e. The Morgan fingerprint density at radius 3 is 2.95 bits per heavy atom. The predicted octanol–water partition coefficient (Wildman–Crippen LogP) is 2.39. The van der Waals surface area contributed by atoms with Crippen molar-refractivity contribution in [1.29, 1.82) is 0 Å². The number of sulfonamides is 1. The molecule has 1 aromatic carbocycles. The SMILES string of the molecule is COC(C)CS(=O)(=O)NC1CCc2cc(Br)ccc21. The summed E-state index contributed by atoms with van der Waals surface area (Å²) in [6, 6.07) is 5.88. The van der Waals surface area contributed by atoms with Gasteiger partial charge in [-0.05, 0) is 43.0 Å². The number of nitrogens with one attached hydrogen (secondary N) is 1. The molecule has 0 aromatic heterocycles. The number of hydrogen-bond donors (Lipinski definition) is 1. The second-order valence-electron chi connectivity index (χ2n) is 4.88. The third-order valence-corrected chi connectivity index (χ3v) is 5.41. The Hall–Kier alpha value is -0.430. The number of methoxy groups -OCH3 is 1. The fraction of sp³-hybridized carbons (Fsp3) is 0.538. The molecule has 0 saturated heterocycles. The van der Waals surface area contributed by atoms with Crippen molar-refractivity contribution in [3.05, 3.63) is 33.8 Å². The van der Waals surface area contributed by atoms with E-state index in [4.69, 9.17) is 4.74 Å². The van der Waals surface area contributed by atoms with Crippen LogP contribution in [0.4, 0.5) is 0 Å². The van der Waals surface area contributed by atoms with Crippen LogP contribution in [0, 0.1) is 0 Å². The third-order valence-electron chi connectivity index (χ3n) is 3.36. The number of fused-ring (bicyclic) bond motifs is 1. The predicted molar refractivity (Wildman–Crippen MR) is 78.6 cm³/mol. The van der Waals surface area contributed by atoms with Gasteiger partial charge in [-0.25, -0.2) is 13.1 Å². The van der Waals surface area contributed by atoms with E-state index in [0.29, 0.717) is 0 Å². The number of rotatable bonds is 5. The first-order valence-corrected chi connectivity index (χ1v) is 8.67. The van der Waals surface area contributed by atoms with Crippen LogP contribution in [0.2, 0.25) is 0 Å². The Morgan fingerprint density at radius 2 is 2.26 bits per heavy atom. The van der Waals surface area contributed by atoms with E-state index in [1.807, 2.05) is 12.1 Å². The number of aryl methyl sites for hydroxylation is 1. The van der Waals surface area contributed by atoms with Crippen LogP contribution >= 0.6 is 15.9 Å². The molecular formula is C13H18BrNO3S. The van der Waals surface area contributed by atoms with Crippen LogP contribution in [-0.4, -0.2) is 27.4 Å². The zero-order chi connectivity index (χ0) is 14.0. The Labute approximate surface area is 122 Å². The molecule has 106 valence electrons. The normalized spacial score (nSPS) is 20.3. The van der Waals surface area contributed by atoms with Gasteiger partial charge in [-0.2, -0.15) is 0 Å². The molecule has 1 aromatic rings. The zero-order valence-electron chi connectivity index (χ0n) is 11.0. The minimum Gasteiger partial charge on any atom is -0.381 e. The van der Waals surface area contributed by atoms with Gasteiger partial charge in [0, 0.05) is 17.6 Å². The number of ether oxygens (including phenoxy) is 1. The molecule has 0 bridgehead atoms. The van der Waals surface area contributed by atoms with Gasteiger partial charge in [-0.3, -0.25) is 0 Å². The molecule has 0 amide bonds. The Bertz CT molecular complexity index is 559. The summed E-state index contributed by atoms with van der Waals surface area (Å²) in [5, 5.41) is 0. The molecular weight excluding hydrogens is 330 g/mol. The van der Waals surface area contributed by atoms with Crippen molar-refractivity contribution in [2.75, 3.05) is 12.9 Å². The summed E-state index contributed by atoms with van der Waals surface area (Å²) in [7, 11) is -1.80. The van der Waals surface area contributed by atoms with Gasteiger partial charge in [0.05, 0.1) is 11.9 Å². The van der Waals surface area contributed by atoms with Gasteiger partial charge in [0.25, 0.3) is 0 Å². The van der Waals surface area contributed by atoms with E-state index in [1.165, 1.54) is 12.7 Å². The highest BCUT2D eigenvalue weighted by molar-refractivity contribution is 9.10. The van der Waals surface area contributed by atoms with Crippen molar-refractivity contribution in [1.82, 2.24) is 4.72 Å². The van der Waals surface area contributed by atoms with Crippen LogP contribution in [0.25, 0.3) is 0 Å².